The van der Waals surface area contributed by atoms with E-state index in [2.05, 4.69) is 4.72 Å². The molecule has 13 heavy (non-hydrogen) atoms. The summed E-state index contributed by atoms with van der Waals surface area (Å²) in [5.41, 5.74) is 0. The standard InChI is InChI=1S/C8H20N2O2S/c1-5-13(11,12)9-8(2)6-7-10(3)4/h8-9H,5-7H2,1-4H3. The average molecular weight is 208 g/mol. The number of nitrogens with zero attached hydrogens (tertiary/aromatic N) is 1. The van der Waals surface area contributed by atoms with Gasteiger partial charge in [-0.2, -0.15) is 0 Å². The van der Waals surface area contributed by atoms with Crippen molar-refractivity contribution in [2.45, 2.75) is 26.3 Å². The average Bonchev–Trinajstić information content (AvgIpc) is 2.00. The molecule has 0 fully saturated rings. The molecule has 0 spiro atoms. The summed E-state index contributed by atoms with van der Waals surface area (Å²) in [6, 6.07) is 0.0207. The first-order chi connectivity index (χ1) is 5.87. The van der Waals surface area contributed by atoms with E-state index in [-0.39, 0.29) is 11.8 Å². The Morgan fingerprint density at radius 1 is 1.38 bits per heavy atom. The second-order valence-corrected chi connectivity index (χ2v) is 5.56. The summed E-state index contributed by atoms with van der Waals surface area (Å²) in [5.74, 6) is 0.152. The highest BCUT2D eigenvalue weighted by atomic mass is 32.2. The van der Waals surface area contributed by atoms with Gasteiger partial charge in [-0.25, -0.2) is 13.1 Å². The van der Waals surface area contributed by atoms with Crippen molar-refractivity contribution < 1.29 is 8.42 Å². The maximum Gasteiger partial charge on any atom is 0.211 e. The molecule has 5 heteroatoms. The lowest BCUT2D eigenvalue weighted by molar-refractivity contribution is 0.379. The van der Waals surface area contributed by atoms with Crippen LogP contribution in [-0.2, 0) is 10.0 Å². The number of hydrogen-bond acceptors (Lipinski definition) is 3. The second kappa shape index (κ2) is 5.57. The highest BCUT2D eigenvalue weighted by Crippen LogP contribution is 1.95. The lowest BCUT2D eigenvalue weighted by Gasteiger charge is -2.16. The molecule has 0 saturated carbocycles. The van der Waals surface area contributed by atoms with Gasteiger partial charge in [0, 0.05) is 6.04 Å². The van der Waals surface area contributed by atoms with E-state index in [0.29, 0.717) is 0 Å². The van der Waals surface area contributed by atoms with Gasteiger partial charge in [0.25, 0.3) is 0 Å². The fourth-order valence-corrected chi connectivity index (χ4v) is 1.80. The molecule has 0 bridgehead atoms. The zero-order valence-electron chi connectivity index (χ0n) is 8.87. The van der Waals surface area contributed by atoms with E-state index < -0.39 is 10.0 Å². The molecule has 0 heterocycles. The first-order valence-electron chi connectivity index (χ1n) is 4.52. The van der Waals surface area contributed by atoms with Crippen LogP contribution in [0, 0.1) is 0 Å². The Kier molecular flexibility index (Phi) is 5.51. The molecule has 1 atom stereocenters. The van der Waals surface area contributed by atoms with Crippen LogP contribution in [0.3, 0.4) is 0 Å². The zero-order chi connectivity index (χ0) is 10.5. The van der Waals surface area contributed by atoms with Gasteiger partial charge >= 0.3 is 0 Å². The molecule has 0 aromatic heterocycles. The van der Waals surface area contributed by atoms with Crippen LogP contribution >= 0.6 is 0 Å². The fourth-order valence-electron chi connectivity index (χ4n) is 0.901. The van der Waals surface area contributed by atoms with Gasteiger partial charge in [0.2, 0.25) is 10.0 Å². The summed E-state index contributed by atoms with van der Waals surface area (Å²) in [6.45, 7) is 4.42. The Morgan fingerprint density at radius 2 is 1.92 bits per heavy atom. The molecule has 0 saturated heterocycles. The molecule has 0 amide bonds. The van der Waals surface area contributed by atoms with Gasteiger partial charge in [-0.3, -0.25) is 0 Å². The van der Waals surface area contributed by atoms with Gasteiger partial charge in [-0.15, -0.1) is 0 Å². The third-order valence-electron chi connectivity index (χ3n) is 1.77. The Morgan fingerprint density at radius 3 is 2.31 bits per heavy atom. The van der Waals surface area contributed by atoms with Crippen molar-refractivity contribution in [3.8, 4) is 0 Å². The largest absolute Gasteiger partial charge is 0.309 e. The lowest BCUT2D eigenvalue weighted by Crippen LogP contribution is -2.35. The molecule has 0 radical (unpaired) electrons. The third kappa shape index (κ3) is 6.98. The van der Waals surface area contributed by atoms with Gasteiger partial charge in [0.05, 0.1) is 5.75 Å². The van der Waals surface area contributed by atoms with E-state index in [1.54, 1.807) is 6.92 Å². The first-order valence-corrected chi connectivity index (χ1v) is 6.17. The summed E-state index contributed by atoms with van der Waals surface area (Å²) in [7, 11) is 0.911. The Labute approximate surface area is 81.4 Å². The quantitative estimate of drug-likeness (QED) is 0.681. The zero-order valence-corrected chi connectivity index (χ0v) is 9.69. The van der Waals surface area contributed by atoms with Gasteiger partial charge in [-0.1, -0.05) is 0 Å². The van der Waals surface area contributed by atoms with Crippen LogP contribution < -0.4 is 4.72 Å². The molecule has 4 nitrogen and oxygen atoms in total. The molecular formula is C8H20N2O2S. The van der Waals surface area contributed by atoms with Gasteiger partial charge in [0.15, 0.2) is 0 Å². The van der Waals surface area contributed by atoms with Crippen molar-refractivity contribution in [3.63, 3.8) is 0 Å². The molecule has 0 aliphatic rings. The summed E-state index contributed by atoms with van der Waals surface area (Å²) in [4.78, 5) is 2.04. The molecular weight excluding hydrogens is 188 g/mol. The number of hydrogen-bond donors (Lipinski definition) is 1. The van der Waals surface area contributed by atoms with Crippen LogP contribution in [0.5, 0.6) is 0 Å². The van der Waals surface area contributed by atoms with E-state index in [1.165, 1.54) is 0 Å². The number of nitrogens with one attached hydrogen (secondary N) is 1. The molecule has 0 rings (SSSR count). The van der Waals surface area contributed by atoms with Gasteiger partial charge in [-0.05, 0) is 40.9 Å². The molecule has 0 aliphatic heterocycles. The maximum absolute atomic E-state index is 11.1. The Balaban J connectivity index is 3.81. The highest BCUT2D eigenvalue weighted by Gasteiger charge is 2.11. The molecule has 0 aliphatic carbocycles. The van der Waals surface area contributed by atoms with Crippen LogP contribution in [-0.4, -0.2) is 45.8 Å². The molecule has 80 valence electrons. The summed E-state index contributed by atoms with van der Waals surface area (Å²) < 4.78 is 24.9. The minimum absolute atomic E-state index is 0.0207. The topological polar surface area (TPSA) is 49.4 Å². The SMILES string of the molecule is CCS(=O)(=O)NC(C)CCN(C)C. The van der Waals surface area contributed by atoms with Crippen molar-refractivity contribution in [2.75, 3.05) is 26.4 Å². The number of rotatable bonds is 6. The van der Waals surface area contributed by atoms with Crippen molar-refractivity contribution in [1.82, 2.24) is 9.62 Å². The Hall–Kier alpha value is -0.130. The van der Waals surface area contributed by atoms with Crippen LogP contribution in [0.25, 0.3) is 0 Å². The minimum atomic E-state index is -3.04. The normalized spacial score (nSPS) is 14.8. The fraction of sp³-hybridized carbons (Fsp3) is 1.00. The first kappa shape index (κ1) is 12.9. The van der Waals surface area contributed by atoms with Gasteiger partial charge < -0.3 is 4.90 Å². The molecule has 1 unspecified atom stereocenters. The highest BCUT2D eigenvalue weighted by molar-refractivity contribution is 7.89. The van der Waals surface area contributed by atoms with Crippen LogP contribution in [0.15, 0.2) is 0 Å². The lowest BCUT2D eigenvalue weighted by atomic mass is 10.2. The summed E-state index contributed by atoms with van der Waals surface area (Å²) in [5, 5.41) is 0. The molecule has 0 aromatic rings. The van der Waals surface area contributed by atoms with Crippen molar-refractivity contribution in [1.29, 1.82) is 0 Å². The van der Waals surface area contributed by atoms with Crippen molar-refractivity contribution in [3.05, 3.63) is 0 Å². The third-order valence-corrected chi connectivity index (χ3v) is 3.29. The number of sulfonamides is 1. The van der Waals surface area contributed by atoms with Crippen molar-refractivity contribution in [2.24, 2.45) is 0 Å². The monoisotopic (exact) mass is 208 g/mol. The van der Waals surface area contributed by atoms with Crippen LogP contribution in [0.1, 0.15) is 20.3 Å². The summed E-state index contributed by atoms with van der Waals surface area (Å²) >= 11 is 0. The van der Waals surface area contributed by atoms with Crippen molar-refractivity contribution >= 4 is 10.0 Å². The minimum Gasteiger partial charge on any atom is -0.309 e. The van der Waals surface area contributed by atoms with E-state index in [9.17, 15) is 8.42 Å². The van der Waals surface area contributed by atoms with E-state index in [4.69, 9.17) is 0 Å². The predicted molar refractivity (Wildman–Crippen MR) is 55.2 cm³/mol. The van der Waals surface area contributed by atoms with E-state index in [1.807, 2.05) is 25.9 Å². The maximum atomic E-state index is 11.1. The van der Waals surface area contributed by atoms with E-state index in [0.717, 1.165) is 13.0 Å². The van der Waals surface area contributed by atoms with Crippen LogP contribution in [0.4, 0.5) is 0 Å². The smallest absolute Gasteiger partial charge is 0.211 e. The van der Waals surface area contributed by atoms with E-state index >= 15 is 0 Å². The van der Waals surface area contributed by atoms with Gasteiger partial charge in [0.1, 0.15) is 0 Å². The Bertz CT molecular complexity index is 224. The summed E-state index contributed by atoms with van der Waals surface area (Å²) in [6.07, 6.45) is 0.840. The molecule has 1 N–H and O–H groups in total. The second-order valence-electron chi connectivity index (χ2n) is 3.51. The predicted octanol–water partition coefficient (Wildman–Crippen LogP) is 0.266. The molecule has 0 aromatic carbocycles. The van der Waals surface area contributed by atoms with Crippen LogP contribution in [0.2, 0.25) is 0 Å².